The minimum absolute atomic E-state index is 0.0757. The molecule has 1 heterocycles. The zero-order valence-corrected chi connectivity index (χ0v) is 18.7. The van der Waals surface area contributed by atoms with Crippen LogP contribution in [0.15, 0.2) is 72.8 Å². The Labute approximate surface area is 189 Å². The highest BCUT2D eigenvalue weighted by molar-refractivity contribution is 5.95. The van der Waals surface area contributed by atoms with Crippen molar-refractivity contribution >= 4 is 16.9 Å². The summed E-state index contributed by atoms with van der Waals surface area (Å²) >= 11 is 0. The number of aromatic nitrogens is 2. The number of amides is 1. The summed E-state index contributed by atoms with van der Waals surface area (Å²) in [7, 11) is 0. The number of ether oxygens (including phenoxy) is 1. The van der Waals surface area contributed by atoms with Crippen molar-refractivity contribution < 1.29 is 9.53 Å². The average Bonchev–Trinajstić information content (AvgIpc) is 3.16. The minimum atomic E-state index is -0.0757. The zero-order chi connectivity index (χ0) is 22.3. The number of carbonyl (C=O) groups is 1. The van der Waals surface area contributed by atoms with Crippen LogP contribution in [0.5, 0.6) is 5.75 Å². The lowest BCUT2D eigenvalue weighted by Crippen LogP contribution is -2.25. The minimum Gasteiger partial charge on any atom is -0.494 e. The molecule has 0 aliphatic rings. The fourth-order valence-corrected chi connectivity index (χ4v) is 3.79. The van der Waals surface area contributed by atoms with Crippen molar-refractivity contribution in [2.75, 3.05) is 6.61 Å². The van der Waals surface area contributed by atoms with E-state index < -0.39 is 0 Å². The summed E-state index contributed by atoms with van der Waals surface area (Å²) in [4.78, 5) is 17.4. The van der Waals surface area contributed by atoms with Gasteiger partial charge in [0.2, 0.25) is 0 Å². The number of unbranched alkanes of at least 4 members (excludes halogenated alkanes) is 1. The summed E-state index contributed by atoms with van der Waals surface area (Å²) in [5, 5.41) is 3.04. The summed E-state index contributed by atoms with van der Waals surface area (Å²) in [5.74, 6) is 1.70. The Hall–Kier alpha value is -3.60. The second-order valence-corrected chi connectivity index (χ2v) is 8.03. The van der Waals surface area contributed by atoms with Crippen molar-refractivity contribution in [2.45, 2.75) is 39.8 Å². The summed E-state index contributed by atoms with van der Waals surface area (Å²) in [6.45, 7) is 5.91. The molecule has 0 fully saturated rings. The molecule has 4 aromatic rings. The van der Waals surface area contributed by atoms with Gasteiger partial charge in [0.15, 0.2) is 0 Å². The molecule has 0 saturated heterocycles. The molecule has 164 valence electrons. The third kappa shape index (κ3) is 5.17. The van der Waals surface area contributed by atoms with E-state index in [-0.39, 0.29) is 5.91 Å². The molecule has 5 heteroatoms. The van der Waals surface area contributed by atoms with Crippen LogP contribution in [-0.2, 0) is 13.1 Å². The van der Waals surface area contributed by atoms with Crippen LogP contribution in [0.1, 0.15) is 40.2 Å². The number of nitrogens with one attached hydrogen (secondary N) is 1. The van der Waals surface area contributed by atoms with Crippen LogP contribution in [0.3, 0.4) is 0 Å². The molecule has 0 saturated carbocycles. The van der Waals surface area contributed by atoms with E-state index in [2.05, 4.69) is 35.0 Å². The van der Waals surface area contributed by atoms with Gasteiger partial charge in [-0.05, 0) is 62.6 Å². The molecular weight excluding hydrogens is 398 g/mol. The van der Waals surface area contributed by atoms with Crippen molar-refractivity contribution in [3.05, 3.63) is 95.3 Å². The number of rotatable bonds is 9. The van der Waals surface area contributed by atoms with Crippen molar-refractivity contribution in [2.24, 2.45) is 0 Å². The Morgan fingerprint density at radius 1 is 0.938 bits per heavy atom. The van der Waals surface area contributed by atoms with Gasteiger partial charge >= 0.3 is 0 Å². The Morgan fingerprint density at radius 2 is 1.69 bits per heavy atom. The van der Waals surface area contributed by atoms with Gasteiger partial charge in [0, 0.05) is 12.1 Å². The number of hydrogen-bond acceptors (Lipinski definition) is 3. The first-order valence-electron chi connectivity index (χ1n) is 11.1. The Bertz CT molecular complexity index is 1200. The molecule has 32 heavy (non-hydrogen) atoms. The Kier molecular flexibility index (Phi) is 6.85. The third-order valence-corrected chi connectivity index (χ3v) is 5.60. The van der Waals surface area contributed by atoms with Gasteiger partial charge in [-0.3, -0.25) is 4.79 Å². The summed E-state index contributed by atoms with van der Waals surface area (Å²) in [5.41, 5.74) is 4.93. The van der Waals surface area contributed by atoms with E-state index in [1.54, 1.807) is 0 Å². The monoisotopic (exact) mass is 427 g/mol. The van der Waals surface area contributed by atoms with Crippen LogP contribution >= 0.6 is 0 Å². The number of aryl methyl sites for hydroxylation is 3. The molecule has 0 unspecified atom stereocenters. The van der Waals surface area contributed by atoms with Crippen LogP contribution in [-0.4, -0.2) is 22.1 Å². The molecule has 5 nitrogen and oxygen atoms in total. The lowest BCUT2D eigenvalue weighted by molar-refractivity contribution is 0.0949. The first kappa shape index (κ1) is 21.6. The highest BCUT2D eigenvalue weighted by atomic mass is 16.5. The van der Waals surface area contributed by atoms with E-state index in [0.29, 0.717) is 18.7 Å². The van der Waals surface area contributed by atoms with Crippen LogP contribution in [0.25, 0.3) is 11.0 Å². The molecule has 1 N–H and O–H groups in total. The Balaban J connectivity index is 1.38. The van der Waals surface area contributed by atoms with Crippen molar-refractivity contribution in [3.63, 3.8) is 0 Å². The first-order chi connectivity index (χ1) is 15.6. The number of imidazole rings is 1. The van der Waals surface area contributed by atoms with E-state index in [9.17, 15) is 4.79 Å². The standard InChI is InChI=1S/C27H29N3O2/c1-20-13-15-22(16-14-20)32-18-8-7-17-30-25-12-6-5-11-24(25)29-26(30)19-28-27(31)23-10-4-3-9-21(23)2/h3-6,9-16H,7-8,17-19H2,1-2H3,(H,28,31). The fraction of sp³-hybridized carbons (Fsp3) is 0.259. The van der Waals surface area contributed by atoms with E-state index in [1.165, 1.54) is 5.56 Å². The highest BCUT2D eigenvalue weighted by Crippen LogP contribution is 2.18. The van der Waals surface area contributed by atoms with E-state index in [0.717, 1.165) is 47.6 Å². The van der Waals surface area contributed by atoms with Crippen LogP contribution in [0.4, 0.5) is 0 Å². The van der Waals surface area contributed by atoms with Gasteiger partial charge in [-0.1, -0.05) is 48.0 Å². The number of fused-ring (bicyclic) bond motifs is 1. The number of carbonyl (C=O) groups excluding carboxylic acids is 1. The van der Waals surface area contributed by atoms with Gasteiger partial charge in [-0.25, -0.2) is 4.98 Å². The second kappa shape index (κ2) is 10.1. The first-order valence-corrected chi connectivity index (χ1v) is 11.1. The van der Waals surface area contributed by atoms with Gasteiger partial charge < -0.3 is 14.6 Å². The molecule has 0 atom stereocenters. The quantitative estimate of drug-likeness (QED) is 0.362. The number of benzene rings is 3. The SMILES string of the molecule is Cc1ccc(OCCCCn2c(CNC(=O)c3ccccc3C)nc3ccccc32)cc1. The van der Waals surface area contributed by atoms with Crippen molar-refractivity contribution in [1.29, 1.82) is 0 Å². The van der Waals surface area contributed by atoms with Crippen LogP contribution in [0.2, 0.25) is 0 Å². The maximum Gasteiger partial charge on any atom is 0.251 e. The van der Waals surface area contributed by atoms with Crippen molar-refractivity contribution in [1.82, 2.24) is 14.9 Å². The topological polar surface area (TPSA) is 56.1 Å². The fourth-order valence-electron chi connectivity index (χ4n) is 3.79. The van der Waals surface area contributed by atoms with Gasteiger partial charge in [0.05, 0.1) is 24.2 Å². The lowest BCUT2D eigenvalue weighted by atomic mass is 10.1. The Morgan fingerprint density at radius 3 is 2.50 bits per heavy atom. The highest BCUT2D eigenvalue weighted by Gasteiger charge is 2.13. The maximum atomic E-state index is 12.7. The van der Waals surface area contributed by atoms with E-state index >= 15 is 0 Å². The van der Waals surface area contributed by atoms with Crippen molar-refractivity contribution in [3.8, 4) is 5.75 Å². The molecule has 3 aromatic carbocycles. The van der Waals surface area contributed by atoms with Crippen LogP contribution in [0, 0.1) is 13.8 Å². The molecular formula is C27H29N3O2. The molecule has 1 amide bonds. The smallest absolute Gasteiger partial charge is 0.251 e. The summed E-state index contributed by atoms with van der Waals surface area (Å²) in [6, 6.07) is 23.9. The molecule has 0 bridgehead atoms. The normalized spacial score (nSPS) is 10.9. The predicted octanol–water partition coefficient (Wildman–Crippen LogP) is 5.44. The van der Waals surface area contributed by atoms with Gasteiger partial charge in [-0.2, -0.15) is 0 Å². The zero-order valence-electron chi connectivity index (χ0n) is 18.7. The average molecular weight is 428 g/mol. The lowest BCUT2D eigenvalue weighted by Gasteiger charge is -2.11. The van der Waals surface area contributed by atoms with E-state index in [1.807, 2.05) is 61.5 Å². The predicted molar refractivity (Wildman–Crippen MR) is 128 cm³/mol. The van der Waals surface area contributed by atoms with Gasteiger partial charge in [0.25, 0.3) is 5.91 Å². The van der Waals surface area contributed by atoms with Gasteiger partial charge in [0.1, 0.15) is 11.6 Å². The maximum absolute atomic E-state index is 12.7. The number of hydrogen-bond donors (Lipinski definition) is 1. The molecule has 4 rings (SSSR count). The third-order valence-electron chi connectivity index (χ3n) is 5.60. The molecule has 0 spiro atoms. The van der Waals surface area contributed by atoms with Crippen LogP contribution < -0.4 is 10.1 Å². The number of para-hydroxylation sites is 2. The molecule has 1 aromatic heterocycles. The summed E-state index contributed by atoms with van der Waals surface area (Å²) in [6.07, 6.45) is 1.90. The molecule has 0 aliphatic carbocycles. The molecule has 0 radical (unpaired) electrons. The summed E-state index contributed by atoms with van der Waals surface area (Å²) < 4.78 is 8.06. The second-order valence-electron chi connectivity index (χ2n) is 8.03. The largest absolute Gasteiger partial charge is 0.494 e. The van der Waals surface area contributed by atoms with Gasteiger partial charge in [-0.15, -0.1) is 0 Å². The molecule has 0 aliphatic heterocycles. The van der Waals surface area contributed by atoms with E-state index in [4.69, 9.17) is 9.72 Å². The number of nitrogens with zero attached hydrogens (tertiary/aromatic N) is 2.